The molecule has 0 aromatic carbocycles. The van der Waals surface area contributed by atoms with Crippen LogP contribution in [0.5, 0.6) is 0 Å². The van der Waals surface area contributed by atoms with Gasteiger partial charge in [0.25, 0.3) is 0 Å². The van der Waals surface area contributed by atoms with Crippen LogP contribution in [0.3, 0.4) is 0 Å². The molecule has 0 amide bonds. The van der Waals surface area contributed by atoms with Crippen LogP contribution in [-0.2, 0) is 14.3 Å². The Labute approximate surface area is 195 Å². The van der Waals surface area contributed by atoms with Crippen molar-refractivity contribution in [1.82, 2.24) is 0 Å². The summed E-state index contributed by atoms with van der Waals surface area (Å²) in [6.07, 6.45) is 14.4. The van der Waals surface area contributed by atoms with Crippen molar-refractivity contribution in [3.63, 3.8) is 0 Å². The maximum absolute atomic E-state index is 13.6. The van der Waals surface area contributed by atoms with E-state index in [1.807, 2.05) is 6.08 Å². The molecule has 3 nitrogen and oxygen atoms in total. The monoisotopic (exact) mass is 440 g/mol. The van der Waals surface area contributed by atoms with Crippen molar-refractivity contribution in [3.8, 4) is 0 Å². The number of allylic oxidation sites excluding steroid dienone is 3. The Hall–Kier alpha value is -1.38. The van der Waals surface area contributed by atoms with Crippen LogP contribution in [0.15, 0.2) is 23.3 Å². The van der Waals surface area contributed by atoms with Crippen molar-refractivity contribution < 1.29 is 14.3 Å². The fraction of sp³-hybridized carbons (Fsp3) is 0.793. The largest absolute Gasteiger partial charge is 0.462 e. The fourth-order valence-electron chi connectivity index (χ4n) is 8.52. The molecule has 0 aliphatic heterocycles. The maximum Gasteiger partial charge on any atom is 0.302 e. The summed E-state index contributed by atoms with van der Waals surface area (Å²) >= 11 is 0. The van der Waals surface area contributed by atoms with Gasteiger partial charge in [0, 0.05) is 19.3 Å². The third-order valence-corrected chi connectivity index (χ3v) is 10.2. The van der Waals surface area contributed by atoms with Gasteiger partial charge in [-0.3, -0.25) is 9.59 Å². The second-order valence-electron chi connectivity index (χ2n) is 12.3. The lowest BCUT2D eigenvalue weighted by Gasteiger charge is -2.57. The zero-order valence-corrected chi connectivity index (χ0v) is 21.2. The molecule has 0 radical (unpaired) electrons. The molecule has 178 valence electrons. The molecule has 8 atom stereocenters. The Kier molecular flexibility index (Phi) is 6.51. The van der Waals surface area contributed by atoms with Crippen molar-refractivity contribution in [2.24, 2.45) is 40.4 Å². The molecule has 4 rings (SSSR count). The topological polar surface area (TPSA) is 43.4 Å². The molecule has 0 N–H and O–H groups in total. The summed E-state index contributed by atoms with van der Waals surface area (Å²) in [6.45, 7) is 13.3. The first-order valence-electron chi connectivity index (χ1n) is 13.1. The normalized spacial score (nSPS) is 41.6. The van der Waals surface area contributed by atoms with Crippen molar-refractivity contribution in [3.05, 3.63) is 23.3 Å². The second kappa shape index (κ2) is 8.76. The van der Waals surface area contributed by atoms with Crippen molar-refractivity contribution in [1.29, 1.82) is 0 Å². The van der Waals surface area contributed by atoms with E-state index in [1.165, 1.54) is 56.6 Å². The second-order valence-corrected chi connectivity index (χ2v) is 12.3. The third-order valence-electron chi connectivity index (χ3n) is 10.2. The van der Waals surface area contributed by atoms with Gasteiger partial charge in [-0.2, -0.15) is 0 Å². The molecule has 0 saturated heterocycles. The van der Waals surface area contributed by atoms with E-state index < -0.39 is 0 Å². The van der Waals surface area contributed by atoms with Crippen LogP contribution in [0.4, 0.5) is 0 Å². The number of esters is 1. The third kappa shape index (κ3) is 4.03. The molecule has 0 bridgehead atoms. The average Bonchev–Trinajstić information content (AvgIpc) is 3.05. The lowest BCUT2D eigenvalue weighted by Crippen LogP contribution is -2.53. The Morgan fingerprint density at radius 1 is 1.12 bits per heavy atom. The Morgan fingerprint density at radius 3 is 2.56 bits per heavy atom. The van der Waals surface area contributed by atoms with E-state index in [1.54, 1.807) is 0 Å². The van der Waals surface area contributed by atoms with Crippen LogP contribution in [0.2, 0.25) is 0 Å². The number of fused-ring (bicyclic) bond motifs is 5. The van der Waals surface area contributed by atoms with Crippen LogP contribution in [0.25, 0.3) is 0 Å². The van der Waals surface area contributed by atoms with Crippen molar-refractivity contribution in [2.45, 2.75) is 105 Å². The van der Waals surface area contributed by atoms with Gasteiger partial charge in [0.05, 0.1) is 0 Å². The molecule has 32 heavy (non-hydrogen) atoms. The summed E-state index contributed by atoms with van der Waals surface area (Å²) in [5.74, 6) is 2.82. The molecule has 0 aromatic heterocycles. The van der Waals surface area contributed by atoms with Gasteiger partial charge in [0.15, 0.2) is 5.78 Å². The number of hydrogen-bond donors (Lipinski definition) is 0. The molecule has 3 fully saturated rings. The fourth-order valence-corrected chi connectivity index (χ4v) is 8.52. The molecule has 3 saturated carbocycles. The van der Waals surface area contributed by atoms with Crippen LogP contribution in [0.1, 0.15) is 99.3 Å². The zero-order chi connectivity index (χ0) is 23.3. The first-order chi connectivity index (χ1) is 15.1. The van der Waals surface area contributed by atoms with Crippen LogP contribution >= 0.6 is 0 Å². The Morgan fingerprint density at radius 2 is 1.88 bits per heavy atom. The van der Waals surface area contributed by atoms with Gasteiger partial charge in [-0.05, 0) is 106 Å². The maximum atomic E-state index is 13.6. The highest BCUT2D eigenvalue weighted by Crippen LogP contribution is 2.66. The number of carbonyl (C=O) groups is 2. The van der Waals surface area contributed by atoms with Gasteiger partial charge in [-0.15, -0.1) is 0 Å². The smallest absolute Gasteiger partial charge is 0.302 e. The molecule has 8 unspecified atom stereocenters. The highest BCUT2D eigenvalue weighted by Gasteiger charge is 2.61. The lowest BCUT2D eigenvalue weighted by molar-refractivity contribution is -0.149. The molecule has 4 aliphatic carbocycles. The SMILES string of the molecule is CC(=O)OC1CCC2(C)C(=CC(=O)C3C2CCC2(C)C(C(C)CCC=C(C)C)CCC32)C1. The molecule has 4 aliphatic rings. The highest BCUT2D eigenvalue weighted by molar-refractivity contribution is 5.94. The molecule has 0 spiro atoms. The predicted molar refractivity (Wildman–Crippen MR) is 129 cm³/mol. The zero-order valence-electron chi connectivity index (χ0n) is 21.2. The van der Waals surface area contributed by atoms with E-state index in [4.69, 9.17) is 4.74 Å². The summed E-state index contributed by atoms with van der Waals surface area (Å²) in [5.41, 5.74) is 3.08. The molecule has 0 heterocycles. The average molecular weight is 441 g/mol. The van der Waals surface area contributed by atoms with Crippen molar-refractivity contribution >= 4 is 11.8 Å². The van der Waals surface area contributed by atoms with Crippen LogP contribution in [-0.4, -0.2) is 17.9 Å². The summed E-state index contributed by atoms with van der Waals surface area (Å²) in [5, 5.41) is 0. The van der Waals surface area contributed by atoms with Gasteiger partial charge in [0.2, 0.25) is 0 Å². The number of carbonyl (C=O) groups excluding carboxylic acids is 2. The number of ether oxygens (including phenoxy) is 1. The van der Waals surface area contributed by atoms with E-state index in [0.717, 1.165) is 31.1 Å². The summed E-state index contributed by atoms with van der Waals surface area (Å²) in [6, 6.07) is 0. The quantitative estimate of drug-likeness (QED) is 0.339. The number of ketones is 1. The standard InChI is InChI=1S/C29H44O3/c1-18(2)8-7-9-19(3)23-10-11-24-27-25(13-15-29(23,24)6)28(5)14-12-22(32-20(4)30)16-21(28)17-26(27)31/h8,17,19,22-25,27H,7,9-16H2,1-6H3. The minimum absolute atomic E-state index is 0.0532. The molecular formula is C29H44O3. The van der Waals surface area contributed by atoms with E-state index in [-0.39, 0.29) is 23.4 Å². The molecular weight excluding hydrogens is 396 g/mol. The molecule has 0 aromatic rings. The van der Waals surface area contributed by atoms with E-state index in [0.29, 0.717) is 23.0 Å². The Balaban J connectivity index is 1.54. The van der Waals surface area contributed by atoms with Gasteiger partial charge >= 0.3 is 5.97 Å². The number of hydrogen-bond acceptors (Lipinski definition) is 3. The summed E-state index contributed by atoms with van der Waals surface area (Å²) in [4.78, 5) is 25.0. The number of rotatable bonds is 5. The van der Waals surface area contributed by atoms with Gasteiger partial charge in [-0.1, -0.05) is 38.0 Å². The van der Waals surface area contributed by atoms with E-state index in [9.17, 15) is 9.59 Å². The van der Waals surface area contributed by atoms with Crippen LogP contribution < -0.4 is 0 Å². The predicted octanol–water partition coefficient (Wildman–Crippen LogP) is 7.06. The van der Waals surface area contributed by atoms with Gasteiger partial charge in [-0.25, -0.2) is 0 Å². The first kappa shape index (κ1) is 23.8. The summed E-state index contributed by atoms with van der Waals surface area (Å²) in [7, 11) is 0. The minimum Gasteiger partial charge on any atom is -0.462 e. The Bertz CT molecular complexity index is 818. The van der Waals surface area contributed by atoms with E-state index >= 15 is 0 Å². The molecule has 3 heteroatoms. The lowest BCUT2D eigenvalue weighted by atomic mass is 9.46. The highest BCUT2D eigenvalue weighted by atomic mass is 16.5. The summed E-state index contributed by atoms with van der Waals surface area (Å²) < 4.78 is 5.53. The van der Waals surface area contributed by atoms with Gasteiger partial charge in [0.1, 0.15) is 6.10 Å². The van der Waals surface area contributed by atoms with Gasteiger partial charge < -0.3 is 4.74 Å². The minimum atomic E-state index is -0.205. The van der Waals surface area contributed by atoms with Crippen LogP contribution in [0, 0.1) is 40.4 Å². The van der Waals surface area contributed by atoms with E-state index in [2.05, 4.69) is 40.7 Å². The first-order valence-corrected chi connectivity index (χ1v) is 13.1. The van der Waals surface area contributed by atoms with Crippen molar-refractivity contribution in [2.75, 3.05) is 0 Å².